The van der Waals surface area contributed by atoms with Crippen LogP contribution in [0.4, 0.5) is 0 Å². The smallest absolute Gasteiger partial charge is 0.178 e. The molecule has 2 rings (SSSR count). The van der Waals surface area contributed by atoms with Crippen molar-refractivity contribution >= 4 is 0 Å². The summed E-state index contributed by atoms with van der Waals surface area (Å²) >= 11 is 0. The molecule has 2 heterocycles. The lowest BCUT2D eigenvalue weighted by molar-refractivity contribution is 0.190. The van der Waals surface area contributed by atoms with Crippen molar-refractivity contribution in [2.75, 3.05) is 19.7 Å². The van der Waals surface area contributed by atoms with Crippen molar-refractivity contribution in [1.29, 1.82) is 0 Å². The molecule has 20 heavy (non-hydrogen) atoms. The van der Waals surface area contributed by atoms with Gasteiger partial charge in [-0.25, -0.2) is 9.97 Å². The maximum Gasteiger partial charge on any atom is 0.178 e. The van der Waals surface area contributed by atoms with E-state index in [-0.39, 0.29) is 6.61 Å². The highest BCUT2D eigenvalue weighted by Crippen LogP contribution is 2.11. The van der Waals surface area contributed by atoms with Gasteiger partial charge in [0.1, 0.15) is 5.69 Å². The first-order valence-corrected chi connectivity index (χ1v) is 6.89. The van der Waals surface area contributed by atoms with Crippen molar-refractivity contribution in [2.24, 2.45) is 0 Å². The first kappa shape index (κ1) is 14.6. The van der Waals surface area contributed by atoms with Gasteiger partial charge in [-0.05, 0) is 25.1 Å². The average molecular weight is 272 g/mol. The third-order valence-corrected chi connectivity index (χ3v) is 2.96. The fourth-order valence-corrected chi connectivity index (χ4v) is 2.05. The molecule has 0 atom stereocenters. The zero-order valence-electron chi connectivity index (χ0n) is 11.7. The van der Waals surface area contributed by atoms with Gasteiger partial charge in [0.2, 0.25) is 0 Å². The van der Waals surface area contributed by atoms with Crippen molar-refractivity contribution in [1.82, 2.24) is 19.9 Å². The van der Waals surface area contributed by atoms with Gasteiger partial charge in [0, 0.05) is 37.2 Å². The van der Waals surface area contributed by atoms with Gasteiger partial charge in [0.25, 0.3) is 0 Å². The second kappa shape index (κ2) is 7.67. The summed E-state index contributed by atoms with van der Waals surface area (Å²) in [7, 11) is 0. The SMILES string of the molecule is CCCN(CCO)Cc1cnc(-c2ccccn2)nc1. The molecule has 5 nitrogen and oxygen atoms in total. The van der Waals surface area contributed by atoms with Gasteiger partial charge in [-0.2, -0.15) is 0 Å². The van der Waals surface area contributed by atoms with Crippen LogP contribution in [-0.4, -0.2) is 44.7 Å². The molecule has 2 aromatic rings. The molecule has 106 valence electrons. The molecule has 0 unspecified atom stereocenters. The normalized spacial score (nSPS) is 10.9. The predicted octanol–water partition coefficient (Wildman–Crippen LogP) is 1.74. The summed E-state index contributed by atoms with van der Waals surface area (Å²) in [6, 6.07) is 5.68. The Morgan fingerprint density at radius 2 is 1.90 bits per heavy atom. The van der Waals surface area contributed by atoms with Crippen LogP contribution in [0.25, 0.3) is 11.5 Å². The van der Waals surface area contributed by atoms with E-state index in [2.05, 4.69) is 26.8 Å². The molecule has 0 radical (unpaired) electrons. The minimum Gasteiger partial charge on any atom is -0.395 e. The van der Waals surface area contributed by atoms with Crippen molar-refractivity contribution in [3.05, 3.63) is 42.4 Å². The van der Waals surface area contributed by atoms with Gasteiger partial charge in [-0.3, -0.25) is 9.88 Å². The number of hydrogen-bond donors (Lipinski definition) is 1. The summed E-state index contributed by atoms with van der Waals surface area (Å²) in [6.07, 6.45) is 6.46. The molecular formula is C15H20N4O. The third kappa shape index (κ3) is 4.08. The van der Waals surface area contributed by atoms with E-state index in [1.165, 1.54) is 0 Å². The fraction of sp³-hybridized carbons (Fsp3) is 0.400. The summed E-state index contributed by atoms with van der Waals surface area (Å²) in [6.45, 7) is 4.70. The van der Waals surface area contributed by atoms with Crippen LogP contribution in [-0.2, 0) is 6.54 Å². The van der Waals surface area contributed by atoms with Crippen molar-refractivity contribution in [2.45, 2.75) is 19.9 Å². The molecule has 0 amide bonds. The molecule has 0 spiro atoms. The van der Waals surface area contributed by atoms with E-state index in [1.807, 2.05) is 30.6 Å². The molecule has 1 N–H and O–H groups in total. The van der Waals surface area contributed by atoms with E-state index in [0.717, 1.165) is 30.8 Å². The van der Waals surface area contributed by atoms with Crippen LogP contribution in [0, 0.1) is 0 Å². The molecule has 2 aromatic heterocycles. The van der Waals surface area contributed by atoms with Gasteiger partial charge in [-0.1, -0.05) is 13.0 Å². The Bertz CT molecular complexity index is 495. The average Bonchev–Trinajstić information content (AvgIpc) is 2.49. The van der Waals surface area contributed by atoms with Gasteiger partial charge in [0.05, 0.1) is 6.61 Å². The summed E-state index contributed by atoms with van der Waals surface area (Å²) in [4.78, 5) is 15.1. The fourth-order valence-electron chi connectivity index (χ4n) is 2.05. The zero-order chi connectivity index (χ0) is 14.2. The van der Waals surface area contributed by atoms with E-state index in [4.69, 9.17) is 5.11 Å². The highest BCUT2D eigenvalue weighted by Gasteiger charge is 2.06. The Labute approximate surface area is 119 Å². The second-order valence-electron chi connectivity index (χ2n) is 4.63. The van der Waals surface area contributed by atoms with Crippen LogP contribution in [0.15, 0.2) is 36.8 Å². The molecule has 0 aliphatic carbocycles. The Balaban J connectivity index is 2.04. The first-order valence-electron chi connectivity index (χ1n) is 6.89. The summed E-state index contributed by atoms with van der Waals surface area (Å²) in [5, 5.41) is 9.05. The summed E-state index contributed by atoms with van der Waals surface area (Å²) in [5.41, 5.74) is 1.83. The van der Waals surface area contributed by atoms with Crippen LogP contribution in [0.1, 0.15) is 18.9 Å². The molecule has 0 bridgehead atoms. The quantitative estimate of drug-likeness (QED) is 0.832. The molecule has 0 aliphatic rings. The van der Waals surface area contributed by atoms with Crippen LogP contribution in [0.5, 0.6) is 0 Å². The van der Waals surface area contributed by atoms with E-state index in [1.54, 1.807) is 6.20 Å². The standard InChI is InChI=1S/C15H20N4O/c1-2-7-19(8-9-20)12-13-10-17-15(18-11-13)14-5-3-4-6-16-14/h3-6,10-11,20H,2,7-9,12H2,1H3. The number of aromatic nitrogens is 3. The van der Waals surface area contributed by atoms with Crippen molar-refractivity contribution < 1.29 is 5.11 Å². The van der Waals surface area contributed by atoms with E-state index in [0.29, 0.717) is 12.4 Å². The maximum absolute atomic E-state index is 9.05. The largest absolute Gasteiger partial charge is 0.395 e. The zero-order valence-corrected chi connectivity index (χ0v) is 11.7. The van der Waals surface area contributed by atoms with Crippen LogP contribution >= 0.6 is 0 Å². The Morgan fingerprint density at radius 1 is 1.10 bits per heavy atom. The molecule has 0 saturated heterocycles. The first-order chi connectivity index (χ1) is 9.83. The molecule has 0 saturated carbocycles. The minimum atomic E-state index is 0.173. The molecule has 0 aromatic carbocycles. The summed E-state index contributed by atoms with van der Waals surface area (Å²) in [5.74, 6) is 0.638. The highest BCUT2D eigenvalue weighted by molar-refractivity contribution is 5.47. The van der Waals surface area contributed by atoms with Crippen molar-refractivity contribution in [3.63, 3.8) is 0 Å². The van der Waals surface area contributed by atoms with Crippen molar-refractivity contribution in [3.8, 4) is 11.5 Å². The lowest BCUT2D eigenvalue weighted by atomic mass is 10.2. The molecule has 5 heteroatoms. The van der Waals surface area contributed by atoms with Gasteiger partial charge >= 0.3 is 0 Å². The molecule has 0 aliphatic heterocycles. The van der Waals surface area contributed by atoms with E-state index < -0.39 is 0 Å². The maximum atomic E-state index is 9.05. The number of hydrogen-bond acceptors (Lipinski definition) is 5. The third-order valence-electron chi connectivity index (χ3n) is 2.96. The molecular weight excluding hydrogens is 252 g/mol. The van der Waals surface area contributed by atoms with Gasteiger partial charge in [0.15, 0.2) is 5.82 Å². The summed E-state index contributed by atoms with van der Waals surface area (Å²) < 4.78 is 0. The Kier molecular flexibility index (Phi) is 5.58. The lowest BCUT2D eigenvalue weighted by Gasteiger charge is -2.20. The topological polar surface area (TPSA) is 62.1 Å². The number of nitrogens with zero attached hydrogens (tertiary/aromatic N) is 4. The predicted molar refractivity (Wildman–Crippen MR) is 77.9 cm³/mol. The van der Waals surface area contributed by atoms with E-state index >= 15 is 0 Å². The van der Waals surface area contributed by atoms with Crippen LogP contribution in [0.3, 0.4) is 0 Å². The van der Waals surface area contributed by atoms with Crippen LogP contribution in [0.2, 0.25) is 0 Å². The number of aliphatic hydroxyl groups excluding tert-OH is 1. The monoisotopic (exact) mass is 272 g/mol. The Morgan fingerprint density at radius 3 is 2.50 bits per heavy atom. The van der Waals surface area contributed by atoms with E-state index in [9.17, 15) is 0 Å². The van der Waals surface area contributed by atoms with Gasteiger partial charge < -0.3 is 5.11 Å². The number of aliphatic hydroxyl groups is 1. The number of rotatable bonds is 7. The highest BCUT2D eigenvalue weighted by atomic mass is 16.3. The lowest BCUT2D eigenvalue weighted by Crippen LogP contribution is -2.27. The minimum absolute atomic E-state index is 0.173. The second-order valence-corrected chi connectivity index (χ2v) is 4.63. The molecule has 0 fully saturated rings. The van der Waals surface area contributed by atoms with Crippen LogP contribution < -0.4 is 0 Å². The van der Waals surface area contributed by atoms with Gasteiger partial charge in [-0.15, -0.1) is 0 Å². The Hall–Kier alpha value is -1.85. The number of pyridine rings is 1.